The molecule has 13 heteroatoms. The molecule has 0 bridgehead atoms. The van der Waals surface area contributed by atoms with E-state index in [0.717, 1.165) is 0 Å². The number of nitrogens with zero attached hydrogens (tertiary/aromatic N) is 2. The highest BCUT2D eigenvalue weighted by atomic mass is 127. The Morgan fingerprint density at radius 2 is 2.00 bits per heavy atom. The Balaban J connectivity index is 3.59. The number of aromatic nitrogens is 1. The molecule has 7 nitrogen and oxygen atoms in total. The molecule has 0 saturated carbocycles. The second-order valence-electron chi connectivity index (χ2n) is 2.84. The molecular formula is C6HClF3IN2O5S. The zero-order chi connectivity index (χ0) is 15.0. The van der Waals surface area contributed by atoms with Gasteiger partial charge in [0.05, 0.1) is 6.07 Å². The lowest BCUT2D eigenvalue weighted by Crippen LogP contribution is -2.19. The summed E-state index contributed by atoms with van der Waals surface area (Å²) in [6.07, 6.45) is -5.24. The zero-order valence-corrected chi connectivity index (χ0v) is 12.0. The first-order chi connectivity index (χ1) is 8.42. The van der Waals surface area contributed by atoms with Crippen molar-refractivity contribution < 1.29 is 31.2 Å². The van der Waals surface area contributed by atoms with E-state index < -0.39 is 40.5 Å². The van der Waals surface area contributed by atoms with E-state index in [2.05, 4.69) is 9.72 Å². The minimum atomic E-state index is -5.24. The number of rotatable bonds is 3. The van der Waals surface area contributed by atoms with Crippen LogP contribution in [-0.2, 0) is 9.05 Å². The zero-order valence-electron chi connectivity index (χ0n) is 8.31. The third-order valence-electron chi connectivity index (χ3n) is 1.54. The van der Waals surface area contributed by atoms with Gasteiger partial charge in [-0.1, -0.05) is 0 Å². The maximum atomic E-state index is 12.1. The fraction of sp³-hybridized carbons (Fsp3) is 0.167. The Bertz CT molecular complexity index is 634. The van der Waals surface area contributed by atoms with Gasteiger partial charge in [-0.15, -0.1) is 13.2 Å². The lowest BCUT2D eigenvalue weighted by atomic mass is 10.4. The summed E-state index contributed by atoms with van der Waals surface area (Å²) < 4.78 is 61.5. The van der Waals surface area contributed by atoms with Crippen molar-refractivity contribution in [2.75, 3.05) is 0 Å². The van der Waals surface area contributed by atoms with Crippen LogP contribution in [0.25, 0.3) is 0 Å². The van der Waals surface area contributed by atoms with E-state index >= 15 is 0 Å². The average Bonchev–Trinajstić information content (AvgIpc) is 2.10. The molecule has 0 unspecified atom stereocenters. The van der Waals surface area contributed by atoms with Crippen LogP contribution in [0.5, 0.6) is 5.75 Å². The highest BCUT2D eigenvalue weighted by Gasteiger charge is 2.37. The monoisotopic (exact) mass is 432 g/mol. The minimum absolute atomic E-state index is 0.227. The smallest absolute Gasteiger partial charge is 0.404 e. The first-order valence-corrected chi connectivity index (χ1v) is 7.36. The first-order valence-electron chi connectivity index (χ1n) is 3.97. The predicted octanol–water partition coefficient (Wildman–Crippen LogP) is 2.42. The summed E-state index contributed by atoms with van der Waals surface area (Å²) in [5.74, 6) is -2.32. The van der Waals surface area contributed by atoms with Crippen LogP contribution < -0.4 is 4.74 Å². The van der Waals surface area contributed by atoms with Gasteiger partial charge in [0.1, 0.15) is 0 Å². The lowest BCUT2D eigenvalue weighted by Gasteiger charge is -2.11. The van der Waals surface area contributed by atoms with E-state index in [4.69, 9.17) is 10.7 Å². The average molecular weight is 433 g/mol. The molecule has 0 spiro atoms. The third-order valence-corrected chi connectivity index (χ3v) is 4.03. The van der Waals surface area contributed by atoms with Crippen LogP contribution in [0.3, 0.4) is 0 Å². The van der Waals surface area contributed by atoms with Crippen LogP contribution in [0.15, 0.2) is 11.0 Å². The van der Waals surface area contributed by atoms with Gasteiger partial charge in [-0.05, 0) is 9.91 Å². The van der Waals surface area contributed by atoms with E-state index in [0.29, 0.717) is 0 Å². The summed E-state index contributed by atoms with van der Waals surface area (Å²) in [4.78, 5) is 11.5. The third kappa shape index (κ3) is 4.31. The van der Waals surface area contributed by atoms with Gasteiger partial charge >= 0.3 is 12.2 Å². The van der Waals surface area contributed by atoms with Gasteiger partial charge in [-0.2, -0.15) is 0 Å². The van der Waals surface area contributed by atoms with Crippen molar-refractivity contribution in [2.45, 2.75) is 11.3 Å². The van der Waals surface area contributed by atoms with Crippen molar-refractivity contribution in [3.8, 4) is 5.75 Å². The number of alkyl halides is 3. The summed E-state index contributed by atoms with van der Waals surface area (Å²) in [6.45, 7) is 0. The molecule has 0 aliphatic carbocycles. The molecule has 0 aliphatic rings. The summed E-state index contributed by atoms with van der Waals surface area (Å²) in [7, 11) is 0.316. The molecule has 0 aliphatic heterocycles. The molecule has 19 heavy (non-hydrogen) atoms. The highest BCUT2D eigenvalue weighted by Crippen LogP contribution is 2.36. The Kier molecular flexibility index (Phi) is 4.46. The second kappa shape index (κ2) is 5.24. The van der Waals surface area contributed by atoms with Crippen molar-refractivity contribution in [1.82, 2.24) is 4.98 Å². The summed E-state index contributed by atoms with van der Waals surface area (Å²) in [5.41, 5.74) is 0. The van der Waals surface area contributed by atoms with Gasteiger partial charge in [0.25, 0.3) is 9.05 Å². The van der Waals surface area contributed by atoms with Crippen molar-refractivity contribution in [1.29, 1.82) is 0 Å². The fourth-order valence-corrected chi connectivity index (χ4v) is 3.79. The van der Waals surface area contributed by atoms with Crippen molar-refractivity contribution >= 4 is 48.1 Å². The molecule has 0 amide bonds. The summed E-state index contributed by atoms with van der Waals surface area (Å²) >= 11 is 1.20. The molecule has 106 valence electrons. The quantitative estimate of drug-likeness (QED) is 0.239. The van der Waals surface area contributed by atoms with Crippen LogP contribution >= 0.6 is 33.3 Å². The van der Waals surface area contributed by atoms with Crippen molar-refractivity contribution in [3.63, 3.8) is 0 Å². The number of nitro groups is 1. The Morgan fingerprint density at radius 3 is 2.37 bits per heavy atom. The van der Waals surface area contributed by atoms with E-state index in [-0.39, 0.29) is 6.07 Å². The van der Waals surface area contributed by atoms with E-state index in [9.17, 15) is 31.7 Å². The van der Waals surface area contributed by atoms with Gasteiger partial charge in [-0.3, -0.25) is 0 Å². The maximum absolute atomic E-state index is 12.1. The van der Waals surface area contributed by atoms with Crippen LogP contribution in [0.1, 0.15) is 0 Å². The predicted molar refractivity (Wildman–Crippen MR) is 63.3 cm³/mol. The Hall–Kier alpha value is -0.890. The SMILES string of the molecule is O=[N+]([O-])c1cc(OC(F)(F)F)c(S(=O)(=O)Cl)c(I)n1. The standard InChI is InChI=1S/C6HClF3IN2O5S/c7-19(16,17)4-2(18-6(8,9)10)1-3(13(14)15)12-5(4)11/h1H. The summed E-state index contributed by atoms with van der Waals surface area (Å²) in [6, 6.07) is 0.227. The van der Waals surface area contributed by atoms with Gasteiger partial charge in [0.2, 0.25) is 3.70 Å². The molecule has 0 aromatic carbocycles. The molecule has 0 radical (unpaired) electrons. The molecule has 0 saturated heterocycles. The molecule has 1 aromatic heterocycles. The molecule has 1 aromatic rings. The maximum Gasteiger partial charge on any atom is 0.573 e. The van der Waals surface area contributed by atoms with Crippen LogP contribution in [0.2, 0.25) is 0 Å². The van der Waals surface area contributed by atoms with E-state index in [1.165, 1.54) is 22.6 Å². The molecule has 0 atom stereocenters. The largest absolute Gasteiger partial charge is 0.573 e. The van der Waals surface area contributed by atoms with Crippen LogP contribution in [0, 0.1) is 13.8 Å². The molecule has 0 N–H and O–H groups in total. The Morgan fingerprint density at radius 1 is 1.47 bits per heavy atom. The van der Waals surface area contributed by atoms with Crippen LogP contribution in [0.4, 0.5) is 19.0 Å². The van der Waals surface area contributed by atoms with Gasteiger partial charge in [0.15, 0.2) is 10.6 Å². The number of ether oxygens (including phenoxy) is 1. The van der Waals surface area contributed by atoms with Gasteiger partial charge < -0.3 is 14.9 Å². The molecule has 1 heterocycles. The van der Waals surface area contributed by atoms with Crippen molar-refractivity contribution in [2.24, 2.45) is 0 Å². The van der Waals surface area contributed by atoms with E-state index in [1.54, 1.807) is 0 Å². The lowest BCUT2D eigenvalue weighted by molar-refractivity contribution is -0.390. The number of pyridine rings is 1. The minimum Gasteiger partial charge on any atom is -0.404 e. The number of hydrogen-bond acceptors (Lipinski definition) is 6. The second-order valence-corrected chi connectivity index (χ2v) is 6.37. The summed E-state index contributed by atoms with van der Waals surface area (Å²) in [5, 5.41) is 10.5. The van der Waals surface area contributed by atoms with Gasteiger partial charge in [-0.25, -0.2) is 8.42 Å². The highest BCUT2D eigenvalue weighted by molar-refractivity contribution is 14.1. The van der Waals surface area contributed by atoms with Crippen molar-refractivity contribution in [3.05, 3.63) is 19.9 Å². The molecular weight excluding hydrogens is 431 g/mol. The topological polar surface area (TPSA) is 99.4 Å². The molecule has 1 rings (SSSR count). The number of hydrogen-bond donors (Lipinski definition) is 0. The van der Waals surface area contributed by atoms with E-state index in [1.807, 2.05) is 0 Å². The fourth-order valence-electron chi connectivity index (χ4n) is 0.983. The van der Waals surface area contributed by atoms with Crippen LogP contribution in [-0.4, -0.2) is 24.7 Å². The normalized spacial score (nSPS) is 12.3. The van der Waals surface area contributed by atoms with Gasteiger partial charge in [0, 0.05) is 33.3 Å². The number of halogens is 5. The first kappa shape index (κ1) is 16.2. The molecule has 0 fully saturated rings. The Labute approximate surface area is 121 Å².